The fourth-order valence-corrected chi connectivity index (χ4v) is 6.06. The zero-order valence-corrected chi connectivity index (χ0v) is 18.6. The highest BCUT2D eigenvalue weighted by atomic mass is 32.2. The van der Waals surface area contributed by atoms with Crippen molar-refractivity contribution in [3.63, 3.8) is 0 Å². The number of hydrogen-bond donors (Lipinski definition) is 1. The molecule has 1 N–H and O–H groups in total. The number of piperazine rings is 1. The lowest BCUT2D eigenvalue weighted by Gasteiger charge is -2.41. The van der Waals surface area contributed by atoms with Crippen LogP contribution in [-0.4, -0.2) is 84.8 Å². The van der Waals surface area contributed by atoms with Crippen molar-refractivity contribution in [1.29, 1.82) is 0 Å². The smallest absolute Gasteiger partial charge is 0.224 e. The Morgan fingerprint density at radius 2 is 1.84 bits per heavy atom. The highest BCUT2D eigenvalue weighted by Crippen LogP contribution is 2.32. The van der Waals surface area contributed by atoms with Gasteiger partial charge in [0.25, 0.3) is 0 Å². The van der Waals surface area contributed by atoms with Gasteiger partial charge in [0.15, 0.2) is 9.84 Å². The van der Waals surface area contributed by atoms with E-state index in [0.717, 1.165) is 49.4 Å². The quantitative estimate of drug-likeness (QED) is 0.713. The number of ether oxygens (including phenoxy) is 1. The standard InChI is InChI=1S/C22H30N4O4S/c27-22(5-11-31(28,29)12-6-22)15-25-7-9-26(10-8-25)18-3-4-20-19(13-18)21(24-16-23-20)30-14-17-1-2-17/h3-4,13,16-17,27H,1-2,5-12,14-15H2. The summed E-state index contributed by atoms with van der Waals surface area (Å²) in [6.07, 6.45) is 4.71. The Balaban J connectivity index is 1.22. The fraction of sp³-hybridized carbons (Fsp3) is 0.636. The number of anilines is 1. The van der Waals surface area contributed by atoms with Gasteiger partial charge in [-0.05, 0) is 49.8 Å². The topological polar surface area (TPSA) is 95.9 Å². The maximum atomic E-state index is 11.7. The van der Waals surface area contributed by atoms with Gasteiger partial charge in [-0.25, -0.2) is 18.4 Å². The molecule has 2 aliphatic heterocycles. The van der Waals surface area contributed by atoms with Crippen LogP contribution in [-0.2, 0) is 9.84 Å². The maximum absolute atomic E-state index is 11.7. The molecule has 1 aromatic heterocycles. The number of nitrogens with zero attached hydrogens (tertiary/aromatic N) is 4. The first-order valence-corrected chi connectivity index (χ1v) is 13.0. The van der Waals surface area contributed by atoms with Crippen LogP contribution in [0.25, 0.3) is 10.9 Å². The fourth-order valence-electron chi connectivity index (χ4n) is 4.47. The van der Waals surface area contributed by atoms with Crippen LogP contribution in [0.1, 0.15) is 25.7 Å². The van der Waals surface area contributed by atoms with Gasteiger partial charge in [0, 0.05) is 38.4 Å². The molecule has 0 bridgehead atoms. The molecule has 2 saturated heterocycles. The molecule has 0 unspecified atom stereocenters. The molecule has 31 heavy (non-hydrogen) atoms. The van der Waals surface area contributed by atoms with Gasteiger partial charge in [0.05, 0.1) is 34.6 Å². The molecule has 8 nitrogen and oxygen atoms in total. The average molecular weight is 447 g/mol. The van der Waals surface area contributed by atoms with E-state index in [4.69, 9.17) is 4.74 Å². The van der Waals surface area contributed by atoms with Crippen molar-refractivity contribution in [2.75, 3.05) is 55.7 Å². The normalized spacial score (nSPS) is 23.7. The molecule has 0 atom stereocenters. The SMILES string of the molecule is O=S1(=O)CCC(O)(CN2CCN(c3ccc4ncnc(OCC5CC5)c4c3)CC2)CC1. The molecular weight excluding hydrogens is 416 g/mol. The lowest BCUT2D eigenvalue weighted by atomic mass is 9.96. The number of aliphatic hydroxyl groups is 1. The molecule has 0 spiro atoms. The minimum atomic E-state index is -2.97. The summed E-state index contributed by atoms with van der Waals surface area (Å²) in [6, 6.07) is 6.23. The number of β-amino-alcohol motifs (C(OH)–C–C–N with tert-alkyl or cyclic N) is 1. The Labute approximate surface area is 183 Å². The zero-order valence-electron chi connectivity index (χ0n) is 17.7. The molecule has 9 heteroatoms. The van der Waals surface area contributed by atoms with E-state index in [1.165, 1.54) is 12.8 Å². The molecule has 168 valence electrons. The van der Waals surface area contributed by atoms with E-state index >= 15 is 0 Å². The van der Waals surface area contributed by atoms with Gasteiger partial charge in [0.1, 0.15) is 6.33 Å². The van der Waals surface area contributed by atoms with Crippen LogP contribution >= 0.6 is 0 Å². The first-order valence-electron chi connectivity index (χ1n) is 11.2. The second-order valence-electron chi connectivity index (χ2n) is 9.27. The lowest BCUT2D eigenvalue weighted by molar-refractivity contribution is -0.00606. The molecule has 3 heterocycles. The monoisotopic (exact) mass is 446 g/mol. The van der Waals surface area contributed by atoms with Crippen molar-refractivity contribution in [2.45, 2.75) is 31.3 Å². The van der Waals surface area contributed by atoms with E-state index in [1.807, 2.05) is 6.07 Å². The Morgan fingerprint density at radius 1 is 1.10 bits per heavy atom. The summed E-state index contributed by atoms with van der Waals surface area (Å²) < 4.78 is 29.3. The summed E-state index contributed by atoms with van der Waals surface area (Å²) >= 11 is 0. The highest BCUT2D eigenvalue weighted by Gasteiger charge is 2.37. The molecule has 3 fully saturated rings. The number of aromatic nitrogens is 2. The predicted molar refractivity (Wildman–Crippen MR) is 119 cm³/mol. The van der Waals surface area contributed by atoms with Crippen molar-refractivity contribution in [3.8, 4) is 5.88 Å². The zero-order chi connectivity index (χ0) is 21.5. The van der Waals surface area contributed by atoms with Crippen LogP contribution in [0.5, 0.6) is 5.88 Å². The Morgan fingerprint density at radius 3 is 2.55 bits per heavy atom. The second-order valence-corrected chi connectivity index (χ2v) is 11.6. The number of hydrogen-bond acceptors (Lipinski definition) is 8. The number of sulfone groups is 1. The van der Waals surface area contributed by atoms with Crippen LogP contribution in [0, 0.1) is 5.92 Å². The van der Waals surface area contributed by atoms with Crippen LogP contribution < -0.4 is 9.64 Å². The molecule has 0 amide bonds. The number of fused-ring (bicyclic) bond motifs is 1. The minimum absolute atomic E-state index is 0.0910. The van der Waals surface area contributed by atoms with Crippen molar-refractivity contribution >= 4 is 26.4 Å². The molecule has 5 rings (SSSR count). The van der Waals surface area contributed by atoms with Crippen LogP contribution in [0.4, 0.5) is 5.69 Å². The summed E-state index contributed by atoms with van der Waals surface area (Å²) in [7, 11) is -2.97. The molecule has 1 aliphatic carbocycles. The van der Waals surface area contributed by atoms with Gasteiger partial charge < -0.3 is 14.7 Å². The van der Waals surface area contributed by atoms with E-state index in [1.54, 1.807) is 6.33 Å². The largest absolute Gasteiger partial charge is 0.477 e. The van der Waals surface area contributed by atoms with Crippen molar-refractivity contribution in [2.24, 2.45) is 5.92 Å². The van der Waals surface area contributed by atoms with Crippen molar-refractivity contribution in [3.05, 3.63) is 24.5 Å². The maximum Gasteiger partial charge on any atom is 0.224 e. The van der Waals surface area contributed by atoms with Gasteiger partial charge >= 0.3 is 0 Å². The molecule has 0 radical (unpaired) electrons. The average Bonchev–Trinajstić information content (AvgIpc) is 3.60. The minimum Gasteiger partial charge on any atom is -0.477 e. The summed E-state index contributed by atoms with van der Waals surface area (Å²) in [5.74, 6) is 1.51. The van der Waals surface area contributed by atoms with Crippen LogP contribution in [0.2, 0.25) is 0 Å². The Bertz CT molecular complexity index is 1030. The lowest BCUT2D eigenvalue weighted by Crippen LogP contribution is -2.54. The van der Waals surface area contributed by atoms with Crippen molar-refractivity contribution < 1.29 is 18.3 Å². The Kier molecular flexibility index (Phi) is 5.52. The third-order valence-corrected chi connectivity index (χ3v) is 8.40. The first-order chi connectivity index (χ1) is 14.9. The summed E-state index contributed by atoms with van der Waals surface area (Å²) in [4.78, 5) is 13.3. The van der Waals surface area contributed by atoms with Crippen LogP contribution in [0.3, 0.4) is 0 Å². The van der Waals surface area contributed by atoms with E-state index in [2.05, 4.69) is 31.9 Å². The van der Waals surface area contributed by atoms with Gasteiger partial charge in [-0.1, -0.05) is 0 Å². The molecule has 1 aromatic carbocycles. The Hall–Kier alpha value is -1.97. The predicted octanol–water partition coefficient (Wildman–Crippen LogP) is 1.48. The van der Waals surface area contributed by atoms with Gasteiger partial charge in [-0.2, -0.15) is 0 Å². The third kappa shape index (κ3) is 4.94. The number of rotatable bonds is 6. The molecule has 3 aliphatic rings. The van der Waals surface area contributed by atoms with Crippen molar-refractivity contribution in [1.82, 2.24) is 14.9 Å². The van der Waals surface area contributed by atoms with E-state index in [9.17, 15) is 13.5 Å². The second kappa shape index (κ2) is 8.18. The summed E-state index contributed by atoms with van der Waals surface area (Å²) in [5, 5.41) is 11.8. The van der Waals surface area contributed by atoms with E-state index < -0.39 is 15.4 Å². The molecule has 1 saturated carbocycles. The van der Waals surface area contributed by atoms with Gasteiger partial charge in [-0.15, -0.1) is 0 Å². The summed E-state index contributed by atoms with van der Waals surface area (Å²) in [6.45, 7) is 4.64. The van der Waals surface area contributed by atoms with Gasteiger partial charge in [-0.3, -0.25) is 4.90 Å². The van der Waals surface area contributed by atoms with E-state index in [0.29, 0.717) is 31.2 Å². The molecule has 2 aromatic rings. The third-order valence-electron chi connectivity index (χ3n) is 6.75. The molecular formula is C22H30N4O4S. The first kappa shape index (κ1) is 20.9. The number of benzene rings is 1. The summed E-state index contributed by atoms with van der Waals surface area (Å²) in [5.41, 5.74) is 1.13. The highest BCUT2D eigenvalue weighted by molar-refractivity contribution is 7.91. The van der Waals surface area contributed by atoms with Crippen LogP contribution in [0.15, 0.2) is 24.5 Å². The van der Waals surface area contributed by atoms with E-state index in [-0.39, 0.29) is 11.5 Å². The van der Waals surface area contributed by atoms with Gasteiger partial charge in [0.2, 0.25) is 5.88 Å².